The van der Waals surface area contributed by atoms with Crippen molar-refractivity contribution in [3.63, 3.8) is 0 Å². The van der Waals surface area contributed by atoms with Crippen LogP contribution in [0.3, 0.4) is 0 Å². The minimum absolute atomic E-state index is 0.0628. The number of aromatic nitrogens is 2. The number of rotatable bonds is 4. The van der Waals surface area contributed by atoms with E-state index < -0.39 is 12.8 Å². The molecule has 0 N–H and O–H groups in total. The summed E-state index contributed by atoms with van der Waals surface area (Å²) < 4.78 is 44.5. The number of alkyl halides is 3. The fourth-order valence-electron chi connectivity index (χ4n) is 1.35. The zero-order chi connectivity index (χ0) is 12.5. The topological polar surface area (TPSA) is 71.9 Å². The van der Waals surface area contributed by atoms with Crippen LogP contribution in [0.25, 0.3) is 0 Å². The summed E-state index contributed by atoms with van der Waals surface area (Å²) in [5, 5.41) is 12.1. The summed E-state index contributed by atoms with van der Waals surface area (Å²) in [5.74, 6) is 0.151. The highest BCUT2D eigenvalue weighted by Gasteiger charge is 2.43. The maximum atomic E-state index is 11.8. The van der Waals surface area contributed by atoms with E-state index in [1.165, 1.54) is 0 Å². The van der Waals surface area contributed by atoms with Gasteiger partial charge in [-0.2, -0.15) is 23.4 Å². The van der Waals surface area contributed by atoms with Crippen molar-refractivity contribution in [3.8, 4) is 6.07 Å². The highest BCUT2D eigenvalue weighted by Crippen LogP contribution is 2.45. The molecule has 2 rings (SSSR count). The molecule has 1 fully saturated rings. The highest BCUT2D eigenvalue weighted by atomic mass is 19.4. The number of halogens is 3. The van der Waals surface area contributed by atoms with Crippen LogP contribution >= 0.6 is 0 Å². The number of hydrogen-bond acceptors (Lipinski definition) is 5. The van der Waals surface area contributed by atoms with Crippen LogP contribution in [0.5, 0.6) is 0 Å². The van der Waals surface area contributed by atoms with E-state index in [9.17, 15) is 13.2 Å². The van der Waals surface area contributed by atoms with Gasteiger partial charge in [-0.3, -0.25) is 0 Å². The second kappa shape index (κ2) is 4.33. The van der Waals surface area contributed by atoms with Gasteiger partial charge in [0.2, 0.25) is 5.89 Å². The Morgan fingerprint density at radius 1 is 1.53 bits per heavy atom. The first-order valence-electron chi connectivity index (χ1n) is 4.86. The van der Waals surface area contributed by atoms with Crippen molar-refractivity contribution >= 4 is 0 Å². The summed E-state index contributed by atoms with van der Waals surface area (Å²) in [6, 6.07) is 2.05. The second-order valence-corrected chi connectivity index (χ2v) is 3.73. The van der Waals surface area contributed by atoms with Gasteiger partial charge in [-0.25, -0.2) is 0 Å². The predicted molar refractivity (Wildman–Crippen MR) is 46.5 cm³/mol. The lowest BCUT2D eigenvalue weighted by atomic mass is 10.3. The molecule has 2 unspecified atom stereocenters. The summed E-state index contributed by atoms with van der Waals surface area (Å²) >= 11 is 0. The van der Waals surface area contributed by atoms with E-state index in [0.29, 0.717) is 12.3 Å². The monoisotopic (exact) mass is 247 g/mol. The van der Waals surface area contributed by atoms with Crippen LogP contribution in [0.15, 0.2) is 4.52 Å². The lowest BCUT2D eigenvalue weighted by Crippen LogP contribution is -2.16. The minimum Gasteiger partial charge on any atom is -0.364 e. The third-order valence-electron chi connectivity index (χ3n) is 2.25. The zero-order valence-electron chi connectivity index (χ0n) is 8.57. The fraction of sp³-hybridized carbons (Fsp3) is 0.667. The van der Waals surface area contributed by atoms with Gasteiger partial charge in [0.15, 0.2) is 5.82 Å². The normalized spacial score (nSPS) is 23.4. The van der Waals surface area contributed by atoms with E-state index in [1.54, 1.807) is 0 Å². The van der Waals surface area contributed by atoms with Gasteiger partial charge >= 0.3 is 6.18 Å². The van der Waals surface area contributed by atoms with E-state index >= 15 is 0 Å². The molecule has 0 saturated heterocycles. The predicted octanol–water partition coefficient (Wildman–Crippen LogP) is 1.78. The number of nitriles is 1. The summed E-state index contributed by atoms with van der Waals surface area (Å²) in [6.45, 7) is -1.70. The average Bonchev–Trinajstić information content (AvgIpc) is 2.89. The molecule has 1 saturated carbocycles. The molecule has 1 aromatic heterocycles. The molecule has 8 heteroatoms. The third kappa shape index (κ3) is 3.17. The molecule has 0 aliphatic heterocycles. The van der Waals surface area contributed by atoms with Crippen LogP contribution in [0, 0.1) is 17.2 Å². The molecule has 2 atom stereocenters. The van der Waals surface area contributed by atoms with Gasteiger partial charge in [-0.1, -0.05) is 5.16 Å². The number of hydrogen-bond donors (Lipinski definition) is 0. The SMILES string of the molecule is N#CC1CC1c1nc(COCC(F)(F)F)no1. The lowest BCUT2D eigenvalue weighted by molar-refractivity contribution is -0.177. The molecule has 1 aliphatic rings. The summed E-state index contributed by atoms with van der Waals surface area (Å²) in [4.78, 5) is 3.87. The molecule has 0 amide bonds. The molecule has 0 radical (unpaired) electrons. The summed E-state index contributed by atoms with van der Waals surface area (Å²) in [5.41, 5.74) is 0. The van der Waals surface area contributed by atoms with Crippen LogP contribution in [0.4, 0.5) is 13.2 Å². The van der Waals surface area contributed by atoms with E-state index in [1.807, 2.05) is 0 Å². The Balaban J connectivity index is 1.81. The third-order valence-corrected chi connectivity index (χ3v) is 2.25. The van der Waals surface area contributed by atoms with Gasteiger partial charge in [0.1, 0.15) is 13.2 Å². The molecule has 0 aromatic carbocycles. The molecule has 1 aromatic rings. The quantitative estimate of drug-likeness (QED) is 0.810. The van der Waals surface area contributed by atoms with Crippen LogP contribution in [-0.4, -0.2) is 22.9 Å². The van der Waals surface area contributed by atoms with Crippen molar-refractivity contribution in [2.45, 2.75) is 25.1 Å². The number of ether oxygens (including phenoxy) is 1. The van der Waals surface area contributed by atoms with Gasteiger partial charge in [0.25, 0.3) is 0 Å². The molecule has 1 aliphatic carbocycles. The standard InChI is InChI=1S/C9H8F3N3O2/c10-9(11,12)4-16-3-7-14-8(17-15-7)6-1-5(6)2-13/h5-6H,1,3-4H2. The Kier molecular flexibility index (Phi) is 3.02. The summed E-state index contributed by atoms with van der Waals surface area (Å²) in [7, 11) is 0. The van der Waals surface area contributed by atoms with Gasteiger partial charge in [0.05, 0.1) is 17.9 Å². The van der Waals surface area contributed by atoms with Gasteiger partial charge in [-0.15, -0.1) is 0 Å². The Labute approximate surface area is 94.2 Å². The average molecular weight is 247 g/mol. The van der Waals surface area contributed by atoms with E-state index in [2.05, 4.69) is 20.9 Å². The van der Waals surface area contributed by atoms with Crippen molar-refractivity contribution < 1.29 is 22.4 Å². The fourth-order valence-corrected chi connectivity index (χ4v) is 1.35. The van der Waals surface area contributed by atoms with Crippen LogP contribution in [0.1, 0.15) is 24.1 Å². The van der Waals surface area contributed by atoms with Gasteiger partial charge < -0.3 is 9.26 Å². The largest absolute Gasteiger partial charge is 0.411 e. The van der Waals surface area contributed by atoms with E-state index in [-0.39, 0.29) is 24.3 Å². The molecular weight excluding hydrogens is 239 g/mol. The van der Waals surface area contributed by atoms with Crippen LogP contribution in [-0.2, 0) is 11.3 Å². The van der Waals surface area contributed by atoms with Crippen LogP contribution < -0.4 is 0 Å². The summed E-state index contributed by atoms with van der Waals surface area (Å²) in [6.07, 6.45) is -3.71. The zero-order valence-corrected chi connectivity index (χ0v) is 8.57. The minimum atomic E-state index is -4.37. The van der Waals surface area contributed by atoms with Crippen LogP contribution in [0.2, 0.25) is 0 Å². The van der Waals surface area contributed by atoms with E-state index in [4.69, 9.17) is 9.78 Å². The Bertz CT molecular complexity index is 437. The first kappa shape index (κ1) is 11.9. The van der Waals surface area contributed by atoms with Gasteiger partial charge in [-0.05, 0) is 6.42 Å². The van der Waals surface area contributed by atoms with Crippen molar-refractivity contribution in [3.05, 3.63) is 11.7 Å². The van der Waals surface area contributed by atoms with Crippen molar-refractivity contribution in [1.29, 1.82) is 5.26 Å². The van der Waals surface area contributed by atoms with Crippen molar-refractivity contribution in [2.24, 2.45) is 5.92 Å². The maximum Gasteiger partial charge on any atom is 0.411 e. The number of nitrogens with zero attached hydrogens (tertiary/aromatic N) is 3. The molecular formula is C9H8F3N3O2. The molecule has 0 spiro atoms. The Morgan fingerprint density at radius 3 is 2.88 bits per heavy atom. The molecule has 92 valence electrons. The van der Waals surface area contributed by atoms with E-state index in [0.717, 1.165) is 0 Å². The van der Waals surface area contributed by atoms with Crippen molar-refractivity contribution in [1.82, 2.24) is 10.1 Å². The molecule has 1 heterocycles. The second-order valence-electron chi connectivity index (χ2n) is 3.73. The van der Waals surface area contributed by atoms with Gasteiger partial charge in [0, 0.05) is 0 Å². The first-order valence-corrected chi connectivity index (χ1v) is 4.86. The maximum absolute atomic E-state index is 11.8. The molecule has 0 bridgehead atoms. The Hall–Kier alpha value is -1.62. The Morgan fingerprint density at radius 2 is 2.29 bits per heavy atom. The first-order chi connectivity index (χ1) is 7.99. The molecule has 5 nitrogen and oxygen atoms in total. The highest BCUT2D eigenvalue weighted by molar-refractivity contribution is 5.15. The molecule has 17 heavy (non-hydrogen) atoms. The smallest absolute Gasteiger partial charge is 0.364 e. The lowest BCUT2D eigenvalue weighted by Gasteiger charge is -2.04. The van der Waals surface area contributed by atoms with Crippen molar-refractivity contribution in [2.75, 3.05) is 6.61 Å².